The fourth-order valence-corrected chi connectivity index (χ4v) is 5.14. The minimum absolute atomic E-state index is 0.0617. The van der Waals surface area contributed by atoms with Crippen LogP contribution >= 0.6 is 23.2 Å². The molecule has 0 saturated carbocycles. The number of piperazine rings is 1. The van der Waals surface area contributed by atoms with Crippen LogP contribution in [0.2, 0.25) is 10.0 Å². The lowest BCUT2D eigenvalue weighted by Crippen LogP contribution is -2.62. The molecule has 42 heavy (non-hydrogen) atoms. The van der Waals surface area contributed by atoms with Crippen LogP contribution in [-0.2, 0) is 27.2 Å². The van der Waals surface area contributed by atoms with Gasteiger partial charge in [0.15, 0.2) is 0 Å². The molecule has 0 aromatic heterocycles. The smallest absolute Gasteiger partial charge is 0.475 e. The second-order valence-electron chi connectivity index (χ2n) is 9.78. The molecule has 2 aromatic carbocycles. The van der Waals surface area contributed by atoms with Gasteiger partial charge in [-0.05, 0) is 54.7 Å². The van der Waals surface area contributed by atoms with Crippen LogP contribution in [0.1, 0.15) is 30.9 Å². The van der Waals surface area contributed by atoms with E-state index in [2.05, 4.69) is 17.1 Å². The summed E-state index contributed by atoms with van der Waals surface area (Å²) in [6.07, 6.45) is -2.61. The van der Waals surface area contributed by atoms with Crippen LogP contribution in [0.3, 0.4) is 0 Å². The first kappa shape index (κ1) is 35.3. The van der Waals surface area contributed by atoms with Crippen molar-refractivity contribution >= 4 is 41.0 Å². The topological polar surface area (TPSA) is 116 Å². The van der Waals surface area contributed by atoms with E-state index >= 15 is 0 Å². The standard InChI is InChI=1S/C26H33Cl2FN4O2.C2HF3O2/c1-3-4-21-16-32(24(25(34)31-2)14-18-7-8-19(27)15-22(18)28)11-12-33(21)26(35)23(30)13-17-5-9-20(29)10-6-17;3-2(4,5)1(6)7/h5-10,15,21,23-24H,3-4,11-14,16,30H2,1-2H3,(H,31,34);(H,6,7). The van der Waals surface area contributed by atoms with Crippen molar-refractivity contribution in [2.45, 2.75) is 56.9 Å². The van der Waals surface area contributed by atoms with Crippen molar-refractivity contribution in [1.82, 2.24) is 15.1 Å². The molecule has 3 atom stereocenters. The number of benzene rings is 2. The highest BCUT2D eigenvalue weighted by Gasteiger charge is 2.38. The molecule has 232 valence electrons. The Morgan fingerprint density at radius 2 is 1.71 bits per heavy atom. The van der Waals surface area contributed by atoms with E-state index in [1.54, 1.807) is 31.3 Å². The molecule has 1 aliphatic rings. The van der Waals surface area contributed by atoms with E-state index in [9.17, 15) is 27.2 Å². The molecule has 2 aromatic rings. The van der Waals surface area contributed by atoms with Crippen molar-refractivity contribution in [1.29, 1.82) is 0 Å². The maximum atomic E-state index is 13.3. The number of rotatable bonds is 9. The molecule has 14 heteroatoms. The van der Waals surface area contributed by atoms with Crippen LogP contribution in [0.4, 0.5) is 17.6 Å². The SMILES string of the molecule is CCCC1CN(C(Cc2ccc(Cl)cc2Cl)C(=O)NC)CCN1C(=O)C(N)Cc1ccc(F)cc1.O=C(O)C(F)(F)F. The van der Waals surface area contributed by atoms with E-state index in [-0.39, 0.29) is 23.7 Å². The molecule has 2 amide bonds. The Morgan fingerprint density at radius 3 is 2.24 bits per heavy atom. The van der Waals surface area contributed by atoms with Gasteiger partial charge in [0.2, 0.25) is 11.8 Å². The summed E-state index contributed by atoms with van der Waals surface area (Å²) in [5, 5.41) is 11.0. The Morgan fingerprint density at radius 1 is 1.10 bits per heavy atom. The highest BCUT2D eigenvalue weighted by molar-refractivity contribution is 6.35. The third kappa shape index (κ3) is 10.4. The third-order valence-corrected chi connectivity index (χ3v) is 7.35. The fourth-order valence-electron chi connectivity index (χ4n) is 4.66. The summed E-state index contributed by atoms with van der Waals surface area (Å²) in [5.74, 6) is -3.30. The Kier molecular flexibility index (Phi) is 13.5. The average Bonchev–Trinajstić information content (AvgIpc) is 2.93. The largest absolute Gasteiger partial charge is 0.490 e. The number of carbonyl (C=O) groups is 3. The first-order chi connectivity index (χ1) is 19.7. The Labute approximate surface area is 251 Å². The van der Waals surface area contributed by atoms with Crippen LogP contribution in [0.5, 0.6) is 0 Å². The van der Waals surface area contributed by atoms with Crippen LogP contribution in [0.25, 0.3) is 0 Å². The number of hydrogen-bond donors (Lipinski definition) is 3. The number of carboxylic acids is 1. The van der Waals surface area contributed by atoms with Crippen molar-refractivity contribution in [3.05, 3.63) is 69.5 Å². The zero-order valence-corrected chi connectivity index (χ0v) is 24.6. The van der Waals surface area contributed by atoms with Crippen LogP contribution in [0.15, 0.2) is 42.5 Å². The van der Waals surface area contributed by atoms with Crippen LogP contribution in [0, 0.1) is 5.82 Å². The molecule has 1 aliphatic heterocycles. The fraction of sp³-hybridized carbons (Fsp3) is 0.464. The molecule has 0 spiro atoms. The van der Waals surface area contributed by atoms with Gasteiger partial charge in [-0.3, -0.25) is 14.5 Å². The molecule has 4 N–H and O–H groups in total. The van der Waals surface area contributed by atoms with Gasteiger partial charge in [-0.1, -0.05) is 54.7 Å². The number of nitrogens with one attached hydrogen (secondary N) is 1. The number of likely N-dealkylation sites (N-methyl/N-ethyl adjacent to an activating group) is 1. The lowest BCUT2D eigenvalue weighted by Gasteiger charge is -2.45. The van der Waals surface area contributed by atoms with E-state index in [0.29, 0.717) is 42.5 Å². The lowest BCUT2D eigenvalue weighted by molar-refractivity contribution is -0.192. The van der Waals surface area contributed by atoms with E-state index in [1.807, 2.05) is 11.0 Å². The predicted octanol–water partition coefficient (Wildman–Crippen LogP) is 4.31. The van der Waals surface area contributed by atoms with Gasteiger partial charge in [-0.25, -0.2) is 9.18 Å². The van der Waals surface area contributed by atoms with Gasteiger partial charge in [0.25, 0.3) is 0 Å². The summed E-state index contributed by atoms with van der Waals surface area (Å²) in [6.45, 7) is 3.65. The van der Waals surface area contributed by atoms with Gasteiger partial charge in [-0.2, -0.15) is 13.2 Å². The normalized spacial score (nSPS) is 17.1. The highest BCUT2D eigenvalue weighted by atomic mass is 35.5. The molecule has 0 radical (unpaired) electrons. The van der Waals surface area contributed by atoms with Crippen molar-refractivity contribution < 1.29 is 37.1 Å². The third-order valence-electron chi connectivity index (χ3n) is 6.77. The molecule has 1 heterocycles. The molecule has 3 rings (SSSR count). The predicted molar refractivity (Wildman–Crippen MR) is 152 cm³/mol. The van der Waals surface area contributed by atoms with Gasteiger partial charge in [0.05, 0.1) is 12.1 Å². The highest BCUT2D eigenvalue weighted by Crippen LogP contribution is 2.25. The first-order valence-electron chi connectivity index (χ1n) is 13.2. The summed E-state index contributed by atoms with van der Waals surface area (Å²) in [7, 11) is 1.62. The average molecular weight is 638 g/mol. The van der Waals surface area contributed by atoms with Crippen molar-refractivity contribution in [3.63, 3.8) is 0 Å². The number of nitrogens with two attached hydrogens (primary N) is 1. The Hall–Kier alpha value is -2.93. The number of alkyl halides is 3. The van der Waals surface area contributed by atoms with Crippen molar-refractivity contribution in [2.24, 2.45) is 5.73 Å². The number of carbonyl (C=O) groups excluding carboxylic acids is 2. The summed E-state index contributed by atoms with van der Waals surface area (Å²) in [5.41, 5.74) is 7.94. The van der Waals surface area contributed by atoms with E-state index in [0.717, 1.165) is 24.0 Å². The zero-order chi connectivity index (χ0) is 31.6. The second kappa shape index (κ2) is 16.1. The quantitative estimate of drug-likeness (QED) is 0.354. The molecule has 1 saturated heterocycles. The minimum Gasteiger partial charge on any atom is -0.475 e. The van der Waals surface area contributed by atoms with Gasteiger partial charge < -0.3 is 21.1 Å². The minimum atomic E-state index is -5.08. The van der Waals surface area contributed by atoms with Gasteiger partial charge in [-0.15, -0.1) is 0 Å². The van der Waals surface area contributed by atoms with Crippen molar-refractivity contribution in [2.75, 3.05) is 26.7 Å². The molecular formula is C28H34Cl2F4N4O4. The number of nitrogens with zero attached hydrogens (tertiary/aromatic N) is 2. The summed E-state index contributed by atoms with van der Waals surface area (Å²) < 4.78 is 45.0. The van der Waals surface area contributed by atoms with Crippen molar-refractivity contribution in [3.8, 4) is 0 Å². The molecule has 1 fully saturated rings. The van der Waals surface area contributed by atoms with Gasteiger partial charge in [0, 0.05) is 42.8 Å². The van der Waals surface area contributed by atoms with E-state index < -0.39 is 24.2 Å². The lowest BCUT2D eigenvalue weighted by atomic mass is 9.98. The maximum Gasteiger partial charge on any atom is 0.490 e. The first-order valence-corrected chi connectivity index (χ1v) is 13.9. The molecule has 8 nitrogen and oxygen atoms in total. The molecular weight excluding hydrogens is 603 g/mol. The number of halogens is 6. The second-order valence-corrected chi connectivity index (χ2v) is 10.6. The summed E-state index contributed by atoms with van der Waals surface area (Å²) in [4.78, 5) is 39.0. The number of carboxylic acid groups (broad SMARTS) is 1. The zero-order valence-electron chi connectivity index (χ0n) is 23.1. The number of amides is 2. The van der Waals surface area contributed by atoms with Gasteiger partial charge >= 0.3 is 12.1 Å². The van der Waals surface area contributed by atoms with Crippen LogP contribution < -0.4 is 11.1 Å². The molecule has 0 bridgehead atoms. The molecule has 0 aliphatic carbocycles. The molecule has 3 unspecified atom stereocenters. The Bertz CT molecular complexity index is 1220. The van der Waals surface area contributed by atoms with E-state index in [4.69, 9.17) is 38.8 Å². The number of hydrogen-bond acceptors (Lipinski definition) is 5. The summed E-state index contributed by atoms with van der Waals surface area (Å²) in [6, 6.07) is 10.1. The monoisotopic (exact) mass is 636 g/mol. The summed E-state index contributed by atoms with van der Waals surface area (Å²) >= 11 is 12.4. The van der Waals surface area contributed by atoms with E-state index in [1.165, 1.54) is 12.1 Å². The Balaban J connectivity index is 0.000000782. The van der Waals surface area contributed by atoms with Crippen LogP contribution in [-0.4, -0.2) is 83.7 Å². The number of aliphatic carboxylic acids is 1. The maximum absolute atomic E-state index is 13.3. The van der Waals surface area contributed by atoms with Gasteiger partial charge in [0.1, 0.15) is 5.82 Å².